The van der Waals surface area contributed by atoms with Gasteiger partial charge < -0.3 is 14.3 Å². The summed E-state index contributed by atoms with van der Waals surface area (Å²) in [5, 5.41) is 9.46. The first-order chi connectivity index (χ1) is 14.8. The number of esters is 1. The standard InChI is InChI=1S/C22H21NO6S2/c1-3-5-16(20(25)26)23-19(24)18(31-22(23)30)12-15-10-11-17(29-15)13-6-8-14(9-7-13)21(27)28-4-2/h6-12,16H,3-5H2,1-2H3,(H,25,26)/b18-12-/t16-/m1/s1. The number of benzene rings is 1. The molecular formula is C22H21NO6S2. The quantitative estimate of drug-likeness (QED) is 0.348. The molecule has 1 aliphatic heterocycles. The van der Waals surface area contributed by atoms with Crippen LogP contribution < -0.4 is 0 Å². The second kappa shape index (κ2) is 9.93. The van der Waals surface area contributed by atoms with Gasteiger partial charge in [0.1, 0.15) is 21.9 Å². The zero-order valence-electron chi connectivity index (χ0n) is 17.0. The SMILES string of the molecule is CCC[C@H](C(=O)O)N1C(=O)/C(=C/c2ccc(-c3ccc(C(=O)OCC)cc3)o2)SC1=S. The van der Waals surface area contributed by atoms with E-state index in [9.17, 15) is 19.5 Å². The number of rotatable bonds is 8. The normalized spacial score (nSPS) is 16.1. The molecule has 7 nitrogen and oxygen atoms in total. The summed E-state index contributed by atoms with van der Waals surface area (Å²) in [5.74, 6) is -0.906. The molecule has 2 heterocycles. The largest absolute Gasteiger partial charge is 0.480 e. The lowest BCUT2D eigenvalue weighted by Crippen LogP contribution is -2.43. The monoisotopic (exact) mass is 459 g/mol. The summed E-state index contributed by atoms with van der Waals surface area (Å²) < 4.78 is 11.0. The first-order valence-electron chi connectivity index (χ1n) is 9.73. The van der Waals surface area contributed by atoms with Crippen molar-refractivity contribution >= 4 is 52.2 Å². The summed E-state index contributed by atoms with van der Waals surface area (Å²) in [6, 6.07) is 9.28. The molecule has 1 aromatic carbocycles. The molecule has 0 radical (unpaired) electrons. The third-order valence-corrected chi connectivity index (χ3v) is 5.89. The summed E-state index contributed by atoms with van der Waals surface area (Å²) in [5.41, 5.74) is 1.20. The van der Waals surface area contributed by atoms with Crippen LogP contribution in [0.15, 0.2) is 45.7 Å². The van der Waals surface area contributed by atoms with Gasteiger partial charge in [-0.05, 0) is 37.6 Å². The molecule has 1 aromatic heterocycles. The van der Waals surface area contributed by atoms with Crippen molar-refractivity contribution in [3.63, 3.8) is 0 Å². The van der Waals surface area contributed by atoms with Crippen LogP contribution in [-0.4, -0.2) is 44.8 Å². The van der Waals surface area contributed by atoms with Gasteiger partial charge in [0.25, 0.3) is 5.91 Å². The minimum atomic E-state index is -1.08. The number of thiocarbonyl (C=S) groups is 1. The zero-order chi connectivity index (χ0) is 22.5. The number of carboxylic acid groups (broad SMARTS) is 1. The van der Waals surface area contributed by atoms with Crippen molar-refractivity contribution in [2.45, 2.75) is 32.7 Å². The van der Waals surface area contributed by atoms with Crippen LogP contribution in [-0.2, 0) is 14.3 Å². The fourth-order valence-corrected chi connectivity index (χ4v) is 4.42. The summed E-state index contributed by atoms with van der Waals surface area (Å²) >= 11 is 6.31. The van der Waals surface area contributed by atoms with Crippen LogP contribution in [0.5, 0.6) is 0 Å². The lowest BCUT2D eigenvalue weighted by atomic mass is 10.1. The van der Waals surface area contributed by atoms with Gasteiger partial charge in [0.05, 0.1) is 17.1 Å². The number of nitrogens with zero attached hydrogens (tertiary/aromatic N) is 1. The Labute approximate surface area is 189 Å². The molecule has 0 aliphatic carbocycles. The van der Waals surface area contributed by atoms with Crippen molar-refractivity contribution in [3.05, 3.63) is 52.6 Å². The molecular weight excluding hydrogens is 438 g/mol. The van der Waals surface area contributed by atoms with E-state index in [2.05, 4.69) is 0 Å². The van der Waals surface area contributed by atoms with E-state index < -0.39 is 17.9 Å². The van der Waals surface area contributed by atoms with E-state index in [1.165, 1.54) is 0 Å². The molecule has 162 valence electrons. The first kappa shape index (κ1) is 22.8. The molecule has 0 bridgehead atoms. The number of hydrogen-bond donors (Lipinski definition) is 1. The maximum Gasteiger partial charge on any atom is 0.338 e. The highest BCUT2D eigenvalue weighted by atomic mass is 32.2. The zero-order valence-corrected chi connectivity index (χ0v) is 18.6. The van der Waals surface area contributed by atoms with E-state index in [1.807, 2.05) is 6.92 Å². The maximum atomic E-state index is 12.8. The third kappa shape index (κ3) is 5.05. The first-order valence-corrected chi connectivity index (χ1v) is 11.0. The van der Waals surface area contributed by atoms with Crippen molar-refractivity contribution in [2.75, 3.05) is 6.61 Å². The van der Waals surface area contributed by atoms with Gasteiger partial charge in [0, 0.05) is 11.6 Å². The summed E-state index contributed by atoms with van der Waals surface area (Å²) in [6.45, 7) is 3.91. The number of hydrogen-bond acceptors (Lipinski definition) is 7. The molecule has 3 rings (SSSR count). The Morgan fingerprint density at radius 2 is 1.94 bits per heavy atom. The van der Waals surface area contributed by atoms with E-state index in [0.29, 0.717) is 41.4 Å². The van der Waals surface area contributed by atoms with Gasteiger partial charge >= 0.3 is 11.9 Å². The molecule has 0 saturated carbocycles. The van der Waals surface area contributed by atoms with Crippen LogP contribution in [0.4, 0.5) is 0 Å². The summed E-state index contributed by atoms with van der Waals surface area (Å²) in [4.78, 5) is 37.6. The van der Waals surface area contributed by atoms with Crippen LogP contribution in [0, 0.1) is 0 Å². The second-order valence-electron chi connectivity index (χ2n) is 6.69. The predicted octanol–water partition coefficient (Wildman–Crippen LogP) is 4.58. The summed E-state index contributed by atoms with van der Waals surface area (Å²) in [6.07, 6.45) is 2.49. The summed E-state index contributed by atoms with van der Waals surface area (Å²) in [7, 11) is 0. The Kier molecular flexibility index (Phi) is 7.29. The van der Waals surface area contributed by atoms with Crippen LogP contribution in [0.2, 0.25) is 0 Å². The lowest BCUT2D eigenvalue weighted by Gasteiger charge is -2.22. The van der Waals surface area contributed by atoms with Crippen LogP contribution in [0.3, 0.4) is 0 Å². The molecule has 1 saturated heterocycles. The van der Waals surface area contributed by atoms with Gasteiger partial charge in [-0.25, -0.2) is 9.59 Å². The average Bonchev–Trinajstić information content (AvgIpc) is 3.31. The highest BCUT2D eigenvalue weighted by Gasteiger charge is 2.40. The van der Waals surface area contributed by atoms with Gasteiger partial charge in [0.15, 0.2) is 0 Å². The highest BCUT2D eigenvalue weighted by molar-refractivity contribution is 8.26. The van der Waals surface area contributed by atoms with E-state index in [-0.39, 0.29) is 10.3 Å². The number of ether oxygens (including phenoxy) is 1. The smallest absolute Gasteiger partial charge is 0.338 e. The van der Waals surface area contributed by atoms with Crippen molar-refractivity contribution in [1.29, 1.82) is 0 Å². The molecule has 0 unspecified atom stereocenters. The Morgan fingerprint density at radius 3 is 2.55 bits per heavy atom. The van der Waals surface area contributed by atoms with E-state index in [1.54, 1.807) is 49.4 Å². The van der Waals surface area contributed by atoms with Crippen LogP contribution in [0.25, 0.3) is 17.4 Å². The van der Waals surface area contributed by atoms with E-state index in [0.717, 1.165) is 22.2 Å². The minimum Gasteiger partial charge on any atom is -0.480 e. The van der Waals surface area contributed by atoms with Crippen LogP contribution in [0.1, 0.15) is 42.8 Å². The number of carbonyl (C=O) groups is 3. The number of carbonyl (C=O) groups excluding carboxylic acids is 2. The third-order valence-electron chi connectivity index (χ3n) is 4.56. The minimum absolute atomic E-state index is 0.221. The Bertz CT molecular complexity index is 1040. The Hall–Kier alpha value is -2.91. The van der Waals surface area contributed by atoms with E-state index >= 15 is 0 Å². The Balaban J connectivity index is 1.78. The molecule has 1 N–H and O–H groups in total. The van der Waals surface area contributed by atoms with Crippen molar-refractivity contribution in [1.82, 2.24) is 4.90 Å². The lowest BCUT2D eigenvalue weighted by molar-refractivity contribution is -0.145. The van der Waals surface area contributed by atoms with Gasteiger partial charge in [-0.3, -0.25) is 9.69 Å². The van der Waals surface area contributed by atoms with Gasteiger partial charge in [0.2, 0.25) is 0 Å². The molecule has 1 fully saturated rings. The van der Waals surface area contributed by atoms with Crippen molar-refractivity contribution < 1.29 is 28.6 Å². The number of furan rings is 1. The maximum absolute atomic E-state index is 12.8. The Morgan fingerprint density at radius 1 is 1.23 bits per heavy atom. The van der Waals surface area contributed by atoms with E-state index in [4.69, 9.17) is 21.4 Å². The fourth-order valence-electron chi connectivity index (χ4n) is 3.08. The average molecular weight is 460 g/mol. The van der Waals surface area contributed by atoms with Gasteiger partial charge in [-0.1, -0.05) is 49.5 Å². The number of amides is 1. The molecule has 1 aliphatic rings. The second-order valence-corrected chi connectivity index (χ2v) is 8.37. The fraction of sp³-hybridized carbons (Fsp3) is 0.273. The molecule has 1 amide bonds. The topological polar surface area (TPSA) is 97.1 Å². The van der Waals surface area contributed by atoms with Gasteiger partial charge in [-0.15, -0.1) is 0 Å². The number of carboxylic acids is 1. The predicted molar refractivity (Wildman–Crippen MR) is 121 cm³/mol. The molecule has 1 atom stereocenters. The molecule has 2 aromatic rings. The number of thioether (sulfide) groups is 1. The molecule has 0 spiro atoms. The number of aliphatic carboxylic acids is 1. The molecule has 9 heteroatoms. The highest BCUT2D eigenvalue weighted by Crippen LogP contribution is 2.35. The van der Waals surface area contributed by atoms with Gasteiger partial charge in [-0.2, -0.15) is 0 Å². The van der Waals surface area contributed by atoms with Crippen molar-refractivity contribution in [2.24, 2.45) is 0 Å². The molecule has 31 heavy (non-hydrogen) atoms. The van der Waals surface area contributed by atoms with Crippen molar-refractivity contribution in [3.8, 4) is 11.3 Å². The van der Waals surface area contributed by atoms with Crippen LogP contribution >= 0.6 is 24.0 Å².